The largest absolute Gasteiger partial charge is 0.491 e. The molecule has 0 radical (unpaired) electrons. The van der Waals surface area contributed by atoms with Crippen molar-refractivity contribution in [3.05, 3.63) is 41.0 Å². The average Bonchev–Trinajstić information content (AvgIpc) is 2.73. The van der Waals surface area contributed by atoms with Gasteiger partial charge < -0.3 is 9.47 Å². The van der Waals surface area contributed by atoms with Crippen LogP contribution in [0.4, 0.5) is 0 Å². The van der Waals surface area contributed by atoms with Crippen LogP contribution < -0.4 is 9.47 Å². The van der Waals surface area contributed by atoms with E-state index in [0.29, 0.717) is 17.5 Å². The van der Waals surface area contributed by atoms with Crippen molar-refractivity contribution in [2.24, 2.45) is 7.05 Å². The summed E-state index contributed by atoms with van der Waals surface area (Å²) in [4.78, 5) is 0. The van der Waals surface area contributed by atoms with Gasteiger partial charge in [0.05, 0.1) is 16.7 Å². The van der Waals surface area contributed by atoms with Crippen LogP contribution in [-0.4, -0.2) is 15.9 Å². The van der Waals surface area contributed by atoms with Gasteiger partial charge in [0.25, 0.3) is 0 Å². The first-order valence-corrected chi connectivity index (χ1v) is 6.50. The van der Waals surface area contributed by atoms with Gasteiger partial charge in [0.15, 0.2) is 0 Å². The standard InChI is InChI=1S/C14H17ClN2O2/c1-10(2)19-13-6-4-5-12(15)11(13)9-18-14-7-8-17(3)16-14/h4-8,10H,9H2,1-3H3. The molecule has 0 saturated carbocycles. The fraction of sp³-hybridized carbons (Fsp3) is 0.357. The van der Waals surface area contributed by atoms with Crippen LogP contribution in [0.5, 0.6) is 11.6 Å². The summed E-state index contributed by atoms with van der Waals surface area (Å²) >= 11 is 6.20. The van der Waals surface area contributed by atoms with Crippen LogP contribution in [0.25, 0.3) is 0 Å². The van der Waals surface area contributed by atoms with Crippen molar-refractivity contribution in [3.8, 4) is 11.6 Å². The lowest BCUT2D eigenvalue weighted by atomic mass is 10.2. The molecule has 0 fully saturated rings. The summed E-state index contributed by atoms with van der Waals surface area (Å²) in [5.74, 6) is 1.32. The highest BCUT2D eigenvalue weighted by Crippen LogP contribution is 2.28. The number of benzene rings is 1. The fourth-order valence-electron chi connectivity index (χ4n) is 1.66. The fourth-order valence-corrected chi connectivity index (χ4v) is 1.88. The van der Waals surface area contributed by atoms with Crippen molar-refractivity contribution in [1.82, 2.24) is 9.78 Å². The van der Waals surface area contributed by atoms with Crippen LogP contribution in [0.3, 0.4) is 0 Å². The summed E-state index contributed by atoms with van der Waals surface area (Å²) < 4.78 is 13.0. The number of aromatic nitrogens is 2. The van der Waals surface area contributed by atoms with Crippen molar-refractivity contribution < 1.29 is 9.47 Å². The predicted octanol–water partition coefficient (Wildman–Crippen LogP) is 3.44. The Labute approximate surface area is 117 Å². The molecule has 0 unspecified atom stereocenters. The Hall–Kier alpha value is -1.68. The molecule has 0 aliphatic heterocycles. The van der Waals surface area contributed by atoms with E-state index >= 15 is 0 Å². The Morgan fingerprint density at radius 2 is 2.11 bits per heavy atom. The van der Waals surface area contributed by atoms with Gasteiger partial charge in [-0.1, -0.05) is 17.7 Å². The Bertz CT molecular complexity index is 552. The molecule has 1 heterocycles. The molecule has 19 heavy (non-hydrogen) atoms. The van der Waals surface area contributed by atoms with E-state index in [-0.39, 0.29) is 6.10 Å². The molecule has 0 atom stereocenters. The van der Waals surface area contributed by atoms with Gasteiger partial charge in [-0.25, -0.2) is 0 Å². The third kappa shape index (κ3) is 3.64. The topological polar surface area (TPSA) is 36.3 Å². The number of nitrogens with zero attached hydrogens (tertiary/aromatic N) is 2. The van der Waals surface area contributed by atoms with E-state index in [4.69, 9.17) is 21.1 Å². The van der Waals surface area contributed by atoms with Crippen LogP contribution in [0.2, 0.25) is 5.02 Å². The molecular formula is C14H17ClN2O2. The van der Waals surface area contributed by atoms with Gasteiger partial charge in [0.1, 0.15) is 12.4 Å². The number of halogens is 1. The molecule has 1 aromatic heterocycles. The second kappa shape index (κ2) is 5.97. The van der Waals surface area contributed by atoms with Gasteiger partial charge >= 0.3 is 0 Å². The van der Waals surface area contributed by atoms with Crippen molar-refractivity contribution in [3.63, 3.8) is 0 Å². The van der Waals surface area contributed by atoms with E-state index in [2.05, 4.69) is 5.10 Å². The molecule has 102 valence electrons. The molecule has 5 heteroatoms. The number of hydrogen-bond donors (Lipinski definition) is 0. The zero-order chi connectivity index (χ0) is 13.8. The average molecular weight is 281 g/mol. The maximum atomic E-state index is 6.20. The highest BCUT2D eigenvalue weighted by atomic mass is 35.5. The lowest BCUT2D eigenvalue weighted by Crippen LogP contribution is -2.09. The quantitative estimate of drug-likeness (QED) is 0.842. The number of aryl methyl sites for hydroxylation is 1. The zero-order valence-corrected chi connectivity index (χ0v) is 12.0. The van der Waals surface area contributed by atoms with E-state index in [9.17, 15) is 0 Å². The van der Waals surface area contributed by atoms with Crippen molar-refractivity contribution in [2.75, 3.05) is 0 Å². The van der Waals surface area contributed by atoms with Gasteiger partial charge in [0, 0.05) is 19.3 Å². The molecular weight excluding hydrogens is 264 g/mol. The summed E-state index contributed by atoms with van der Waals surface area (Å²) in [7, 11) is 1.84. The van der Waals surface area contributed by atoms with Crippen molar-refractivity contribution >= 4 is 11.6 Å². The first-order valence-electron chi connectivity index (χ1n) is 6.12. The first kappa shape index (κ1) is 13.7. The smallest absolute Gasteiger partial charge is 0.233 e. The number of rotatable bonds is 5. The SMILES string of the molecule is CC(C)Oc1cccc(Cl)c1COc1ccn(C)n1. The summed E-state index contributed by atoms with van der Waals surface area (Å²) in [6.07, 6.45) is 1.92. The molecule has 0 amide bonds. The lowest BCUT2D eigenvalue weighted by molar-refractivity contribution is 0.228. The highest BCUT2D eigenvalue weighted by molar-refractivity contribution is 6.31. The maximum absolute atomic E-state index is 6.20. The Morgan fingerprint density at radius 3 is 2.74 bits per heavy atom. The molecule has 0 bridgehead atoms. The van der Waals surface area contributed by atoms with Crippen LogP contribution >= 0.6 is 11.6 Å². The van der Waals surface area contributed by atoms with E-state index in [1.807, 2.05) is 45.3 Å². The van der Waals surface area contributed by atoms with Crippen LogP contribution in [0.15, 0.2) is 30.5 Å². The Kier molecular flexibility index (Phi) is 4.32. The van der Waals surface area contributed by atoms with Gasteiger partial charge in [-0.15, -0.1) is 5.10 Å². The van der Waals surface area contributed by atoms with Gasteiger partial charge in [-0.2, -0.15) is 0 Å². The van der Waals surface area contributed by atoms with Crippen molar-refractivity contribution in [1.29, 1.82) is 0 Å². The summed E-state index contributed by atoms with van der Waals surface area (Å²) in [6, 6.07) is 7.39. The van der Waals surface area contributed by atoms with Crippen LogP contribution in [-0.2, 0) is 13.7 Å². The number of ether oxygens (including phenoxy) is 2. The monoisotopic (exact) mass is 280 g/mol. The first-order chi connectivity index (χ1) is 9.06. The zero-order valence-electron chi connectivity index (χ0n) is 11.3. The number of hydrogen-bond acceptors (Lipinski definition) is 3. The normalized spacial score (nSPS) is 10.8. The van der Waals surface area contributed by atoms with Crippen molar-refractivity contribution in [2.45, 2.75) is 26.6 Å². The second-order valence-electron chi connectivity index (χ2n) is 4.50. The molecule has 0 spiro atoms. The van der Waals surface area contributed by atoms with E-state index in [0.717, 1.165) is 11.3 Å². The van der Waals surface area contributed by atoms with Crippen LogP contribution in [0, 0.1) is 0 Å². The molecule has 0 aliphatic rings. The highest BCUT2D eigenvalue weighted by Gasteiger charge is 2.11. The third-order valence-corrected chi connectivity index (χ3v) is 2.85. The van der Waals surface area contributed by atoms with Gasteiger partial charge in [-0.3, -0.25) is 4.68 Å². The molecule has 4 nitrogen and oxygen atoms in total. The lowest BCUT2D eigenvalue weighted by Gasteiger charge is -2.15. The minimum Gasteiger partial charge on any atom is -0.491 e. The van der Waals surface area contributed by atoms with E-state index in [1.54, 1.807) is 10.7 Å². The maximum Gasteiger partial charge on any atom is 0.233 e. The summed E-state index contributed by atoms with van der Waals surface area (Å²) in [5.41, 5.74) is 0.837. The third-order valence-electron chi connectivity index (χ3n) is 2.49. The van der Waals surface area contributed by atoms with Gasteiger partial charge in [0.2, 0.25) is 5.88 Å². The van der Waals surface area contributed by atoms with E-state index in [1.165, 1.54) is 0 Å². The predicted molar refractivity (Wildman–Crippen MR) is 74.8 cm³/mol. The van der Waals surface area contributed by atoms with Crippen LogP contribution in [0.1, 0.15) is 19.4 Å². The minimum atomic E-state index is 0.0899. The summed E-state index contributed by atoms with van der Waals surface area (Å²) in [6.45, 7) is 4.29. The molecule has 2 rings (SSSR count). The second-order valence-corrected chi connectivity index (χ2v) is 4.91. The Morgan fingerprint density at radius 1 is 1.32 bits per heavy atom. The molecule has 0 saturated heterocycles. The molecule has 2 aromatic rings. The minimum absolute atomic E-state index is 0.0899. The molecule has 0 N–H and O–H groups in total. The molecule has 1 aromatic carbocycles. The van der Waals surface area contributed by atoms with E-state index < -0.39 is 0 Å². The Balaban J connectivity index is 2.14. The summed E-state index contributed by atoms with van der Waals surface area (Å²) in [5, 5.41) is 4.79. The van der Waals surface area contributed by atoms with Gasteiger partial charge in [-0.05, 0) is 26.0 Å². The molecule has 0 aliphatic carbocycles.